The largest absolute Gasteiger partial charge is 0.480 e. The standard InChI is InChI=1S/C12H21N3O4S/c1-2-20-9-4-3-8(5-9)15-12(19)14-6-10(16)13-7-11(17)18/h8-9H,2-7H2,1H3,(H,13,16)(H,17,18)(H2,14,15,19). The summed E-state index contributed by atoms with van der Waals surface area (Å²) in [5.74, 6) is -0.561. The lowest BCUT2D eigenvalue weighted by atomic mass is 10.2. The number of carboxylic acid groups (broad SMARTS) is 1. The lowest BCUT2D eigenvalue weighted by Gasteiger charge is -2.13. The number of hydrogen-bond donors (Lipinski definition) is 4. The summed E-state index contributed by atoms with van der Waals surface area (Å²) in [5, 5.41) is 16.4. The summed E-state index contributed by atoms with van der Waals surface area (Å²) in [6.07, 6.45) is 3.01. The number of hydrogen-bond acceptors (Lipinski definition) is 4. The van der Waals surface area contributed by atoms with Crippen molar-refractivity contribution in [3.63, 3.8) is 0 Å². The summed E-state index contributed by atoms with van der Waals surface area (Å²) in [6, 6.07) is -0.233. The zero-order valence-corrected chi connectivity index (χ0v) is 12.3. The van der Waals surface area contributed by atoms with Crippen LogP contribution in [0.4, 0.5) is 4.79 Å². The lowest BCUT2D eigenvalue weighted by molar-refractivity contribution is -0.137. The van der Waals surface area contributed by atoms with Crippen LogP contribution in [0.2, 0.25) is 0 Å². The summed E-state index contributed by atoms with van der Waals surface area (Å²) in [6.45, 7) is 1.45. The number of carboxylic acids is 1. The molecule has 1 aliphatic rings. The molecule has 2 atom stereocenters. The highest BCUT2D eigenvalue weighted by molar-refractivity contribution is 7.99. The highest BCUT2D eigenvalue weighted by Gasteiger charge is 2.25. The minimum absolute atomic E-state index is 0.154. The fourth-order valence-corrected chi connectivity index (χ4v) is 3.23. The van der Waals surface area contributed by atoms with Gasteiger partial charge in [0.1, 0.15) is 6.54 Å². The molecule has 0 radical (unpaired) electrons. The van der Waals surface area contributed by atoms with Gasteiger partial charge in [-0.1, -0.05) is 6.92 Å². The van der Waals surface area contributed by atoms with Crippen LogP contribution in [0, 0.1) is 0 Å². The van der Waals surface area contributed by atoms with Gasteiger partial charge in [0.05, 0.1) is 6.54 Å². The minimum Gasteiger partial charge on any atom is -0.480 e. The molecule has 0 bridgehead atoms. The SMILES string of the molecule is CCSC1CCC(NC(=O)NCC(=O)NCC(=O)O)C1. The fourth-order valence-electron chi connectivity index (χ4n) is 2.09. The number of thioether (sulfide) groups is 1. The van der Waals surface area contributed by atoms with E-state index < -0.39 is 18.4 Å². The predicted molar refractivity (Wildman–Crippen MR) is 76.7 cm³/mol. The molecule has 7 nitrogen and oxygen atoms in total. The number of carbonyl (C=O) groups excluding carboxylic acids is 2. The third kappa shape index (κ3) is 6.65. The third-order valence-electron chi connectivity index (χ3n) is 2.97. The monoisotopic (exact) mass is 303 g/mol. The van der Waals surface area contributed by atoms with Crippen molar-refractivity contribution in [2.75, 3.05) is 18.8 Å². The van der Waals surface area contributed by atoms with Crippen LogP contribution in [0.3, 0.4) is 0 Å². The van der Waals surface area contributed by atoms with E-state index in [4.69, 9.17) is 5.11 Å². The summed E-state index contributed by atoms with van der Waals surface area (Å²) in [7, 11) is 0. The van der Waals surface area contributed by atoms with Crippen LogP contribution in [-0.2, 0) is 9.59 Å². The van der Waals surface area contributed by atoms with Crippen molar-refractivity contribution in [3.05, 3.63) is 0 Å². The van der Waals surface area contributed by atoms with E-state index in [1.807, 2.05) is 11.8 Å². The molecule has 1 fully saturated rings. The van der Waals surface area contributed by atoms with Gasteiger partial charge in [-0.15, -0.1) is 0 Å². The van der Waals surface area contributed by atoms with Crippen LogP contribution in [-0.4, -0.2) is 53.1 Å². The Hall–Kier alpha value is -1.44. The molecule has 0 spiro atoms. The van der Waals surface area contributed by atoms with E-state index in [1.165, 1.54) is 0 Å². The molecule has 0 aliphatic heterocycles. The van der Waals surface area contributed by atoms with E-state index in [1.54, 1.807) is 0 Å². The molecule has 8 heteroatoms. The Morgan fingerprint density at radius 3 is 2.60 bits per heavy atom. The first-order valence-corrected chi connectivity index (χ1v) is 7.70. The molecular formula is C12H21N3O4S. The molecule has 0 aromatic heterocycles. The van der Waals surface area contributed by atoms with E-state index in [-0.39, 0.29) is 18.6 Å². The minimum atomic E-state index is -1.12. The number of urea groups is 1. The first kappa shape index (κ1) is 16.6. The molecule has 0 heterocycles. The average Bonchev–Trinajstić information content (AvgIpc) is 2.81. The summed E-state index contributed by atoms with van der Waals surface area (Å²) < 4.78 is 0. The number of nitrogens with one attached hydrogen (secondary N) is 3. The van der Waals surface area contributed by atoms with Crippen LogP contribution in [0.15, 0.2) is 0 Å². The lowest BCUT2D eigenvalue weighted by Crippen LogP contribution is -2.45. The molecule has 114 valence electrons. The maximum Gasteiger partial charge on any atom is 0.322 e. The average molecular weight is 303 g/mol. The first-order chi connectivity index (χ1) is 9.51. The number of rotatable bonds is 7. The molecule has 0 saturated heterocycles. The molecule has 2 unspecified atom stereocenters. The number of carbonyl (C=O) groups is 3. The van der Waals surface area contributed by atoms with Crippen LogP contribution in [0.5, 0.6) is 0 Å². The highest BCUT2D eigenvalue weighted by atomic mass is 32.2. The highest BCUT2D eigenvalue weighted by Crippen LogP contribution is 2.29. The molecule has 20 heavy (non-hydrogen) atoms. The van der Waals surface area contributed by atoms with E-state index in [9.17, 15) is 14.4 Å². The summed E-state index contributed by atoms with van der Waals surface area (Å²) in [4.78, 5) is 33.0. The van der Waals surface area contributed by atoms with Crippen LogP contribution >= 0.6 is 11.8 Å². The molecule has 0 aromatic carbocycles. The molecular weight excluding hydrogens is 282 g/mol. The predicted octanol–water partition coefficient (Wildman–Crippen LogP) is 0.161. The van der Waals surface area contributed by atoms with E-state index in [0.717, 1.165) is 25.0 Å². The summed E-state index contributed by atoms with van der Waals surface area (Å²) in [5.41, 5.74) is 0. The second-order valence-electron chi connectivity index (χ2n) is 4.58. The van der Waals surface area contributed by atoms with Crippen molar-refractivity contribution in [1.29, 1.82) is 0 Å². The summed E-state index contributed by atoms with van der Waals surface area (Å²) >= 11 is 1.91. The molecule has 1 saturated carbocycles. The van der Waals surface area contributed by atoms with Gasteiger partial charge in [-0.3, -0.25) is 9.59 Å². The normalized spacial score (nSPS) is 21.2. The zero-order valence-electron chi connectivity index (χ0n) is 11.5. The van der Waals surface area contributed by atoms with Gasteiger partial charge in [0.25, 0.3) is 0 Å². The van der Waals surface area contributed by atoms with Gasteiger partial charge in [0.15, 0.2) is 0 Å². The number of aliphatic carboxylic acids is 1. The van der Waals surface area contributed by atoms with Gasteiger partial charge >= 0.3 is 12.0 Å². The molecule has 3 amide bonds. The molecule has 4 N–H and O–H groups in total. The molecule has 1 rings (SSSR count). The van der Waals surface area contributed by atoms with Crippen molar-refractivity contribution >= 4 is 29.7 Å². The van der Waals surface area contributed by atoms with Crippen molar-refractivity contribution in [1.82, 2.24) is 16.0 Å². The third-order valence-corrected chi connectivity index (χ3v) is 4.20. The first-order valence-electron chi connectivity index (χ1n) is 6.65. The van der Waals surface area contributed by atoms with Crippen LogP contribution in [0.1, 0.15) is 26.2 Å². The quantitative estimate of drug-likeness (QED) is 0.536. The smallest absolute Gasteiger partial charge is 0.322 e. The van der Waals surface area contributed by atoms with Crippen molar-refractivity contribution in [3.8, 4) is 0 Å². The van der Waals surface area contributed by atoms with Crippen molar-refractivity contribution in [2.24, 2.45) is 0 Å². The van der Waals surface area contributed by atoms with Gasteiger partial charge in [0, 0.05) is 11.3 Å². The topological polar surface area (TPSA) is 108 Å². The Labute approximate surface area is 122 Å². The maximum absolute atomic E-state index is 11.6. The van der Waals surface area contributed by atoms with Gasteiger partial charge < -0.3 is 21.1 Å². The Bertz CT molecular complexity index is 365. The Morgan fingerprint density at radius 2 is 1.95 bits per heavy atom. The van der Waals surface area contributed by atoms with Gasteiger partial charge in [-0.2, -0.15) is 11.8 Å². The second kappa shape index (κ2) is 8.68. The zero-order chi connectivity index (χ0) is 15.0. The van der Waals surface area contributed by atoms with Gasteiger partial charge in [-0.05, 0) is 25.0 Å². The fraction of sp³-hybridized carbons (Fsp3) is 0.750. The molecule has 1 aliphatic carbocycles. The van der Waals surface area contributed by atoms with E-state index >= 15 is 0 Å². The Morgan fingerprint density at radius 1 is 1.20 bits per heavy atom. The number of amides is 3. The van der Waals surface area contributed by atoms with Crippen LogP contribution < -0.4 is 16.0 Å². The van der Waals surface area contributed by atoms with E-state index in [2.05, 4.69) is 22.9 Å². The Kier molecular flexibility index (Phi) is 7.21. The molecule has 0 aromatic rings. The second-order valence-corrected chi connectivity index (χ2v) is 6.16. The van der Waals surface area contributed by atoms with Crippen molar-refractivity contribution < 1.29 is 19.5 Å². The van der Waals surface area contributed by atoms with Crippen LogP contribution in [0.25, 0.3) is 0 Å². The van der Waals surface area contributed by atoms with E-state index in [0.29, 0.717) is 5.25 Å². The maximum atomic E-state index is 11.6. The van der Waals surface area contributed by atoms with Gasteiger partial charge in [0.2, 0.25) is 5.91 Å². The van der Waals surface area contributed by atoms with Crippen molar-refractivity contribution in [2.45, 2.75) is 37.5 Å². The van der Waals surface area contributed by atoms with Gasteiger partial charge in [-0.25, -0.2) is 4.79 Å². The Balaban J connectivity index is 2.14.